The van der Waals surface area contributed by atoms with E-state index >= 15 is 0 Å². The van der Waals surface area contributed by atoms with Gasteiger partial charge in [-0.3, -0.25) is 0 Å². The van der Waals surface area contributed by atoms with E-state index < -0.39 is 0 Å². The highest BCUT2D eigenvalue weighted by Crippen LogP contribution is 2.53. The average Bonchev–Trinajstić information content (AvgIpc) is 3.59. The van der Waals surface area contributed by atoms with Gasteiger partial charge in [0.1, 0.15) is 0 Å². The molecule has 0 atom stereocenters. The maximum atomic E-state index is 2.59. The molecule has 2 nitrogen and oxygen atoms in total. The summed E-state index contributed by atoms with van der Waals surface area (Å²) in [6.07, 6.45) is 0. The number of anilines is 6. The minimum atomic E-state index is -0.0547. The minimum Gasteiger partial charge on any atom is -0.311 e. The predicted octanol–water partition coefficient (Wildman–Crippen LogP) is 15.7. The van der Waals surface area contributed by atoms with Crippen LogP contribution in [0.4, 0.5) is 34.1 Å². The molecule has 0 fully saturated rings. The number of hydrogen-bond acceptors (Lipinski definition) is 2. The van der Waals surface area contributed by atoms with Gasteiger partial charge >= 0.3 is 0 Å². The van der Waals surface area contributed by atoms with Crippen LogP contribution in [0.1, 0.15) is 77.6 Å². The van der Waals surface area contributed by atoms with Crippen LogP contribution in [0.3, 0.4) is 0 Å². The van der Waals surface area contributed by atoms with Gasteiger partial charge in [-0.1, -0.05) is 207 Å². The summed E-state index contributed by atoms with van der Waals surface area (Å²) < 4.78 is 0. The van der Waals surface area contributed by atoms with E-state index in [1.807, 2.05) is 0 Å². The van der Waals surface area contributed by atoms with Crippen molar-refractivity contribution in [3.63, 3.8) is 0 Å². The monoisotopic (exact) mass is 876 g/mol. The summed E-state index contributed by atoms with van der Waals surface area (Å²) in [5.41, 5.74) is 26.6. The maximum Gasteiger partial charge on any atom is 0.252 e. The summed E-state index contributed by atoms with van der Waals surface area (Å²) in [6, 6.07) is 75.6. The summed E-state index contributed by atoms with van der Waals surface area (Å²) in [5, 5.41) is 0. The summed E-state index contributed by atoms with van der Waals surface area (Å²) in [4.78, 5) is 5.13. The van der Waals surface area contributed by atoms with Crippen molar-refractivity contribution in [1.29, 1.82) is 0 Å². The molecule has 0 unspecified atom stereocenters. The molecule has 12 rings (SSSR count). The molecule has 0 saturated carbocycles. The fraction of sp³-hybridized carbons (Fsp3) is 0.169. The highest BCUT2D eigenvalue weighted by molar-refractivity contribution is 7.00. The SMILES string of the molecule is CC(C)(C)c1ccc2c(c1)B1c3ccc(C(C)(C)C)cc3N(c3ccc(-c4ccccc4)cc3-c3ccccc3)c3cccc(c31)N2c1ccc(-c2cccc3c2-c2ccccc2C3(C)C)cc1. The molecule has 2 aliphatic heterocycles. The first-order chi connectivity index (χ1) is 32.8. The Morgan fingerprint density at radius 3 is 1.65 bits per heavy atom. The highest BCUT2D eigenvalue weighted by atomic mass is 15.2. The van der Waals surface area contributed by atoms with Gasteiger partial charge in [-0.05, 0) is 137 Å². The summed E-state index contributed by atoms with van der Waals surface area (Å²) in [7, 11) is 0. The fourth-order valence-corrected chi connectivity index (χ4v) is 11.6. The second-order valence-electron chi connectivity index (χ2n) is 21.8. The Balaban J connectivity index is 1.09. The van der Waals surface area contributed by atoms with Crippen LogP contribution in [0.25, 0.3) is 44.5 Å². The van der Waals surface area contributed by atoms with Gasteiger partial charge in [0, 0.05) is 39.4 Å². The van der Waals surface area contributed by atoms with Crippen LogP contribution >= 0.6 is 0 Å². The first kappa shape index (κ1) is 42.0. The number of rotatable bonds is 5. The van der Waals surface area contributed by atoms with Crippen molar-refractivity contribution in [2.24, 2.45) is 0 Å². The molecule has 2 heterocycles. The van der Waals surface area contributed by atoms with Crippen molar-refractivity contribution in [2.45, 2.75) is 71.6 Å². The van der Waals surface area contributed by atoms with Crippen LogP contribution in [0.5, 0.6) is 0 Å². The molecular weight excluding hydrogens is 820 g/mol. The van der Waals surface area contributed by atoms with Gasteiger partial charge in [-0.15, -0.1) is 0 Å². The van der Waals surface area contributed by atoms with Gasteiger partial charge in [0.2, 0.25) is 0 Å². The van der Waals surface area contributed by atoms with E-state index in [9.17, 15) is 0 Å². The Labute approximate surface area is 403 Å². The zero-order valence-electron chi connectivity index (χ0n) is 40.5. The van der Waals surface area contributed by atoms with E-state index in [4.69, 9.17) is 0 Å². The lowest BCUT2D eigenvalue weighted by atomic mass is 9.33. The topological polar surface area (TPSA) is 6.48 Å². The van der Waals surface area contributed by atoms with Gasteiger partial charge in [-0.2, -0.15) is 0 Å². The molecule has 9 aromatic carbocycles. The molecule has 0 bridgehead atoms. The van der Waals surface area contributed by atoms with Crippen molar-refractivity contribution in [1.82, 2.24) is 0 Å². The number of fused-ring (bicyclic) bond motifs is 7. The van der Waals surface area contributed by atoms with Gasteiger partial charge < -0.3 is 9.80 Å². The van der Waals surface area contributed by atoms with E-state index in [-0.39, 0.29) is 23.0 Å². The average molecular weight is 877 g/mol. The van der Waals surface area contributed by atoms with Gasteiger partial charge in [0.05, 0.1) is 5.69 Å². The van der Waals surface area contributed by atoms with E-state index in [1.54, 1.807) is 0 Å². The summed E-state index contributed by atoms with van der Waals surface area (Å²) >= 11 is 0. The van der Waals surface area contributed by atoms with Crippen LogP contribution < -0.4 is 26.2 Å². The van der Waals surface area contributed by atoms with Gasteiger partial charge in [0.15, 0.2) is 0 Å². The van der Waals surface area contributed by atoms with E-state index in [2.05, 4.69) is 265 Å². The third-order valence-corrected chi connectivity index (χ3v) is 15.2. The van der Waals surface area contributed by atoms with Gasteiger partial charge in [-0.25, -0.2) is 0 Å². The molecule has 0 amide bonds. The largest absolute Gasteiger partial charge is 0.311 e. The molecule has 330 valence electrons. The molecular formula is C65H57BN2. The van der Waals surface area contributed by atoms with E-state index in [0.29, 0.717) is 0 Å². The Kier molecular flexibility index (Phi) is 9.48. The molecule has 0 aromatic heterocycles. The molecule has 0 N–H and O–H groups in total. The lowest BCUT2D eigenvalue weighted by Crippen LogP contribution is -2.61. The van der Waals surface area contributed by atoms with E-state index in [1.165, 1.54) is 112 Å². The Morgan fingerprint density at radius 2 is 0.926 bits per heavy atom. The first-order valence-corrected chi connectivity index (χ1v) is 24.4. The quantitative estimate of drug-likeness (QED) is 0.159. The summed E-state index contributed by atoms with van der Waals surface area (Å²) in [6.45, 7) is 18.8. The van der Waals surface area contributed by atoms with Crippen LogP contribution in [0, 0.1) is 0 Å². The highest BCUT2D eigenvalue weighted by Gasteiger charge is 2.44. The fourth-order valence-electron chi connectivity index (χ4n) is 11.6. The van der Waals surface area contributed by atoms with Crippen molar-refractivity contribution >= 4 is 57.2 Å². The molecule has 0 spiro atoms. The zero-order valence-corrected chi connectivity index (χ0v) is 40.5. The van der Waals surface area contributed by atoms with Crippen molar-refractivity contribution in [2.75, 3.05) is 9.80 Å². The van der Waals surface area contributed by atoms with Crippen molar-refractivity contribution in [3.8, 4) is 44.5 Å². The van der Waals surface area contributed by atoms with Crippen molar-refractivity contribution in [3.05, 3.63) is 222 Å². The Bertz CT molecular complexity index is 3440. The normalized spacial score (nSPS) is 14.2. The molecule has 3 aliphatic rings. The maximum absolute atomic E-state index is 2.59. The third-order valence-electron chi connectivity index (χ3n) is 15.2. The number of hydrogen-bond donors (Lipinski definition) is 0. The second kappa shape index (κ2) is 15.3. The standard InChI is InChI=1S/C65H57BN2/c1-63(2,3)46-33-38-57-55(40-46)66-54-36-32-47(64(4,5)6)41-60(54)68(56-37-31-45(42-19-11-9-12-20-42)39-51(56)43-21-13-10-14-22-43)59-28-18-27-58(62(59)66)67(57)48-34-29-44(30-35-48)49-24-17-26-53-61(49)50-23-15-16-25-52(50)65(53,7)8/h9-41H,1-8H3. The van der Waals surface area contributed by atoms with Crippen LogP contribution in [0.15, 0.2) is 200 Å². The molecule has 3 heteroatoms. The molecule has 1 aliphatic carbocycles. The summed E-state index contributed by atoms with van der Waals surface area (Å²) in [5.74, 6) is 0. The van der Waals surface area contributed by atoms with E-state index in [0.717, 1.165) is 5.69 Å². The zero-order chi connectivity index (χ0) is 46.7. The Morgan fingerprint density at radius 1 is 0.368 bits per heavy atom. The second-order valence-corrected chi connectivity index (χ2v) is 21.8. The molecule has 68 heavy (non-hydrogen) atoms. The lowest BCUT2D eigenvalue weighted by molar-refractivity contribution is 0.590. The Hall–Kier alpha value is -7.36. The van der Waals surface area contributed by atoms with Gasteiger partial charge in [0.25, 0.3) is 6.71 Å². The molecule has 0 saturated heterocycles. The van der Waals surface area contributed by atoms with Crippen LogP contribution in [0.2, 0.25) is 0 Å². The predicted molar refractivity (Wildman–Crippen MR) is 292 cm³/mol. The first-order valence-electron chi connectivity index (χ1n) is 24.4. The minimum absolute atomic E-state index is 0.0217. The number of benzene rings is 9. The lowest BCUT2D eigenvalue weighted by Gasteiger charge is -2.45. The van der Waals surface area contributed by atoms with Crippen LogP contribution in [-0.4, -0.2) is 6.71 Å². The molecule has 9 aromatic rings. The third kappa shape index (κ3) is 6.54. The van der Waals surface area contributed by atoms with Crippen molar-refractivity contribution < 1.29 is 0 Å². The molecule has 0 radical (unpaired) electrons. The van der Waals surface area contributed by atoms with Crippen LogP contribution in [-0.2, 0) is 16.2 Å². The number of nitrogens with zero attached hydrogens (tertiary/aromatic N) is 2. The smallest absolute Gasteiger partial charge is 0.252 e.